The number of aliphatic hydroxyl groups is 1. The van der Waals surface area contributed by atoms with Crippen LogP contribution in [0.3, 0.4) is 0 Å². The Labute approximate surface area is 143 Å². The highest BCUT2D eigenvalue weighted by Gasteiger charge is 2.44. The van der Waals surface area contributed by atoms with Crippen LogP contribution in [0.2, 0.25) is 0 Å². The van der Waals surface area contributed by atoms with Gasteiger partial charge in [0.1, 0.15) is 6.10 Å². The SMILES string of the molecule is CC[C@@H](C)CC(=O)O[C@H]1C(=O)C(CO)=C[C@@H](OC(C)=O)[C@H]1C(C)C. The van der Waals surface area contributed by atoms with E-state index >= 15 is 0 Å². The minimum atomic E-state index is -1.04. The molecule has 0 aromatic rings. The summed E-state index contributed by atoms with van der Waals surface area (Å²) < 4.78 is 10.8. The van der Waals surface area contributed by atoms with Crippen molar-refractivity contribution in [3.05, 3.63) is 11.6 Å². The molecule has 0 aliphatic heterocycles. The number of esters is 2. The highest BCUT2D eigenvalue weighted by molar-refractivity contribution is 6.01. The van der Waals surface area contributed by atoms with E-state index in [-0.39, 0.29) is 23.8 Å². The second-order valence-corrected chi connectivity index (χ2v) is 6.74. The van der Waals surface area contributed by atoms with E-state index in [1.807, 2.05) is 27.7 Å². The fraction of sp³-hybridized carbons (Fsp3) is 0.722. The molecule has 6 heteroatoms. The van der Waals surface area contributed by atoms with Gasteiger partial charge in [0.05, 0.1) is 6.61 Å². The van der Waals surface area contributed by atoms with Gasteiger partial charge < -0.3 is 14.6 Å². The molecule has 1 aliphatic carbocycles. The minimum absolute atomic E-state index is 0.0591. The third-order valence-corrected chi connectivity index (χ3v) is 4.38. The van der Waals surface area contributed by atoms with Crippen LogP contribution < -0.4 is 0 Å². The highest BCUT2D eigenvalue weighted by Crippen LogP contribution is 2.32. The third-order valence-electron chi connectivity index (χ3n) is 4.38. The summed E-state index contributed by atoms with van der Waals surface area (Å²) >= 11 is 0. The molecule has 0 aromatic carbocycles. The largest absolute Gasteiger partial charge is 0.458 e. The van der Waals surface area contributed by atoms with E-state index in [4.69, 9.17) is 9.47 Å². The van der Waals surface area contributed by atoms with Gasteiger partial charge in [0.25, 0.3) is 0 Å². The van der Waals surface area contributed by atoms with Gasteiger partial charge in [-0.1, -0.05) is 34.1 Å². The van der Waals surface area contributed by atoms with Gasteiger partial charge in [-0.25, -0.2) is 0 Å². The topological polar surface area (TPSA) is 89.9 Å². The molecular weight excluding hydrogens is 312 g/mol. The van der Waals surface area contributed by atoms with Crippen LogP contribution in [-0.2, 0) is 23.9 Å². The zero-order valence-corrected chi connectivity index (χ0v) is 15.1. The minimum Gasteiger partial charge on any atom is -0.458 e. The first kappa shape index (κ1) is 20.4. The number of ether oxygens (including phenoxy) is 2. The number of carbonyl (C=O) groups excluding carboxylic acids is 3. The highest BCUT2D eigenvalue weighted by atomic mass is 16.6. The molecule has 1 N–H and O–H groups in total. The predicted molar refractivity (Wildman–Crippen MR) is 88.0 cm³/mol. The lowest BCUT2D eigenvalue weighted by Crippen LogP contribution is -2.48. The Kier molecular flexibility index (Phi) is 7.60. The zero-order chi connectivity index (χ0) is 18.4. The molecule has 136 valence electrons. The predicted octanol–water partition coefficient (Wildman–Crippen LogP) is 2.04. The second kappa shape index (κ2) is 8.97. The van der Waals surface area contributed by atoms with Gasteiger partial charge >= 0.3 is 11.9 Å². The molecular formula is C18H28O6. The molecule has 4 atom stereocenters. The van der Waals surface area contributed by atoms with Crippen LogP contribution in [0.1, 0.15) is 47.5 Å². The van der Waals surface area contributed by atoms with E-state index < -0.39 is 42.5 Å². The van der Waals surface area contributed by atoms with E-state index in [1.54, 1.807) is 0 Å². The molecule has 0 spiro atoms. The maximum absolute atomic E-state index is 12.5. The third kappa shape index (κ3) is 5.16. The second-order valence-electron chi connectivity index (χ2n) is 6.74. The Balaban J connectivity index is 3.08. The van der Waals surface area contributed by atoms with Gasteiger partial charge in [-0.15, -0.1) is 0 Å². The van der Waals surface area contributed by atoms with E-state index in [2.05, 4.69) is 0 Å². The molecule has 0 saturated heterocycles. The quantitative estimate of drug-likeness (QED) is 0.713. The molecule has 0 fully saturated rings. The van der Waals surface area contributed by atoms with Gasteiger partial charge in [0, 0.05) is 24.8 Å². The van der Waals surface area contributed by atoms with E-state index in [9.17, 15) is 19.5 Å². The van der Waals surface area contributed by atoms with E-state index in [1.165, 1.54) is 13.0 Å². The molecule has 1 aliphatic rings. The zero-order valence-electron chi connectivity index (χ0n) is 15.1. The summed E-state index contributed by atoms with van der Waals surface area (Å²) in [6, 6.07) is 0. The molecule has 24 heavy (non-hydrogen) atoms. The van der Waals surface area contributed by atoms with Crippen LogP contribution in [0.25, 0.3) is 0 Å². The summed E-state index contributed by atoms with van der Waals surface area (Å²) in [6.45, 7) is 8.46. The smallest absolute Gasteiger partial charge is 0.306 e. The van der Waals surface area contributed by atoms with Crippen molar-refractivity contribution in [2.45, 2.75) is 59.7 Å². The van der Waals surface area contributed by atoms with Crippen molar-refractivity contribution in [1.29, 1.82) is 0 Å². The Morgan fingerprint density at radius 3 is 2.33 bits per heavy atom. The summed E-state index contributed by atoms with van der Waals surface area (Å²) in [4.78, 5) is 36.1. The van der Waals surface area contributed by atoms with Crippen LogP contribution in [0.4, 0.5) is 0 Å². The number of hydrogen-bond donors (Lipinski definition) is 1. The van der Waals surface area contributed by atoms with Gasteiger partial charge in [-0.3, -0.25) is 14.4 Å². The van der Waals surface area contributed by atoms with Crippen LogP contribution in [0, 0.1) is 17.8 Å². The van der Waals surface area contributed by atoms with Crippen LogP contribution in [0.5, 0.6) is 0 Å². The lowest BCUT2D eigenvalue weighted by molar-refractivity contribution is -0.167. The van der Waals surface area contributed by atoms with Crippen molar-refractivity contribution in [3.8, 4) is 0 Å². The Hall–Kier alpha value is -1.69. The summed E-state index contributed by atoms with van der Waals surface area (Å²) in [5, 5.41) is 9.40. The maximum atomic E-state index is 12.5. The molecule has 0 amide bonds. The lowest BCUT2D eigenvalue weighted by Gasteiger charge is -2.37. The molecule has 6 nitrogen and oxygen atoms in total. The van der Waals surface area contributed by atoms with Crippen molar-refractivity contribution < 1.29 is 29.0 Å². The van der Waals surface area contributed by atoms with Crippen molar-refractivity contribution in [2.24, 2.45) is 17.8 Å². The maximum Gasteiger partial charge on any atom is 0.306 e. The van der Waals surface area contributed by atoms with E-state index in [0.717, 1.165) is 6.42 Å². The van der Waals surface area contributed by atoms with Crippen LogP contribution in [0.15, 0.2) is 11.6 Å². The number of hydrogen-bond acceptors (Lipinski definition) is 6. The molecule has 0 saturated carbocycles. The van der Waals surface area contributed by atoms with E-state index in [0.29, 0.717) is 0 Å². The molecule has 0 bridgehead atoms. The normalized spacial score (nSPS) is 25.2. The molecule has 0 aromatic heterocycles. The van der Waals surface area contributed by atoms with Crippen molar-refractivity contribution in [1.82, 2.24) is 0 Å². The van der Waals surface area contributed by atoms with Crippen LogP contribution in [-0.4, -0.2) is 41.6 Å². The lowest BCUT2D eigenvalue weighted by atomic mass is 9.77. The first-order chi connectivity index (χ1) is 11.2. The Bertz CT molecular complexity index is 508. The van der Waals surface area contributed by atoms with Gasteiger partial charge in [0.15, 0.2) is 6.10 Å². The van der Waals surface area contributed by atoms with Gasteiger partial charge in [-0.2, -0.15) is 0 Å². The standard InChI is InChI=1S/C18H28O6/c1-6-11(4)7-15(21)24-18-16(10(2)3)14(23-12(5)20)8-13(9-19)17(18)22/h8,10-11,14,16,18-19H,6-7,9H2,1-5H3/t11-,14-,16-,18-/m1/s1. The number of rotatable bonds is 7. The first-order valence-corrected chi connectivity index (χ1v) is 8.43. The monoisotopic (exact) mass is 340 g/mol. The number of ketones is 1. The molecule has 0 radical (unpaired) electrons. The summed E-state index contributed by atoms with van der Waals surface area (Å²) in [5.74, 6) is -1.73. The first-order valence-electron chi connectivity index (χ1n) is 8.43. The number of carbonyl (C=O) groups is 3. The molecule has 0 heterocycles. The summed E-state index contributed by atoms with van der Waals surface area (Å²) in [7, 11) is 0. The van der Waals surface area contributed by atoms with Crippen molar-refractivity contribution in [3.63, 3.8) is 0 Å². The van der Waals surface area contributed by atoms with Crippen LogP contribution >= 0.6 is 0 Å². The van der Waals surface area contributed by atoms with Crippen molar-refractivity contribution in [2.75, 3.05) is 6.61 Å². The van der Waals surface area contributed by atoms with Gasteiger partial charge in [-0.05, 0) is 17.9 Å². The average molecular weight is 340 g/mol. The number of aliphatic hydroxyl groups excluding tert-OH is 1. The van der Waals surface area contributed by atoms with Gasteiger partial charge in [0.2, 0.25) is 5.78 Å². The fourth-order valence-corrected chi connectivity index (χ4v) is 2.84. The Morgan fingerprint density at radius 2 is 1.88 bits per heavy atom. The summed E-state index contributed by atoms with van der Waals surface area (Å²) in [5.41, 5.74) is 0.111. The number of Topliss-reactive ketones (excluding diaryl/α,β-unsaturated/α-hetero) is 1. The summed E-state index contributed by atoms with van der Waals surface area (Å²) in [6.07, 6.45) is 0.774. The molecule has 0 unspecified atom stereocenters. The molecule has 1 rings (SSSR count). The fourth-order valence-electron chi connectivity index (χ4n) is 2.84. The average Bonchev–Trinajstić information content (AvgIpc) is 2.48. The Morgan fingerprint density at radius 1 is 1.25 bits per heavy atom. The van der Waals surface area contributed by atoms with Crippen molar-refractivity contribution >= 4 is 17.7 Å².